The van der Waals surface area contributed by atoms with Gasteiger partial charge in [0, 0.05) is 13.1 Å². The molecular weight excluding hydrogens is 240 g/mol. The topological polar surface area (TPSA) is 107 Å². The molecule has 0 aromatic rings. The predicted octanol–water partition coefficient (Wildman–Crippen LogP) is 0.522. The summed E-state index contributed by atoms with van der Waals surface area (Å²) in [6, 6.07) is -2.04. The lowest BCUT2D eigenvalue weighted by atomic mass is 10.2. The van der Waals surface area contributed by atoms with Crippen molar-refractivity contribution in [3.63, 3.8) is 0 Å². The number of urea groups is 1. The highest BCUT2D eigenvalue weighted by Crippen LogP contribution is 1.98. The van der Waals surface area contributed by atoms with E-state index in [0.717, 1.165) is 0 Å². The molecule has 7 heteroatoms. The monoisotopic (exact) mass is 258 g/mol. The Morgan fingerprint density at radius 3 is 2.39 bits per heavy atom. The molecule has 0 saturated carbocycles. The fraction of sp³-hybridized carbons (Fsp3) is 0.545. The zero-order valence-electron chi connectivity index (χ0n) is 10.3. The van der Waals surface area contributed by atoms with E-state index < -0.39 is 30.4 Å². The summed E-state index contributed by atoms with van der Waals surface area (Å²) >= 11 is 0. The van der Waals surface area contributed by atoms with Crippen LogP contribution < -0.4 is 5.32 Å². The van der Waals surface area contributed by atoms with Crippen molar-refractivity contribution in [2.75, 3.05) is 13.1 Å². The van der Waals surface area contributed by atoms with Gasteiger partial charge in [0.2, 0.25) is 0 Å². The Kier molecular flexibility index (Phi) is 7.18. The van der Waals surface area contributed by atoms with E-state index in [1.54, 1.807) is 0 Å². The van der Waals surface area contributed by atoms with E-state index in [4.69, 9.17) is 10.2 Å². The number of carboxylic acid groups (broad SMARTS) is 2. The number of nitrogens with zero attached hydrogens (tertiary/aromatic N) is 1. The maximum atomic E-state index is 11.7. The number of nitrogens with one attached hydrogen (secondary N) is 1. The molecule has 1 atom stereocenters. The third kappa shape index (κ3) is 5.88. The van der Waals surface area contributed by atoms with Crippen LogP contribution in [-0.4, -0.2) is 52.2 Å². The molecule has 0 heterocycles. The van der Waals surface area contributed by atoms with Crippen LogP contribution in [0.1, 0.15) is 19.8 Å². The first-order chi connectivity index (χ1) is 8.42. The van der Waals surface area contributed by atoms with Gasteiger partial charge in [-0.15, -0.1) is 6.58 Å². The number of carbonyl (C=O) groups is 3. The molecule has 18 heavy (non-hydrogen) atoms. The van der Waals surface area contributed by atoms with Crippen LogP contribution in [0.3, 0.4) is 0 Å². The minimum absolute atomic E-state index is 0.277. The minimum Gasteiger partial charge on any atom is -0.481 e. The minimum atomic E-state index is -1.43. The number of carboxylic acids is 2. The van der Waals surface area contributed by atoms with E-state index in [-0.39, 0.29) is 6.54 Å². The van der Waals surface area contributed by atoms with Crippen molar-refractivity contribution in [3.05, 3.63) is 12.7 Å². The van der Waals surface area contributed by atoms with Gasteiger partial charge in [-0.25, -0.2) is 9.59 Å². The largest absolute Gasteiger partial charge is 0.481 e. The summed E-state index contributed by atoms with van der Waals surface area (Å²) < 4.78 is 0. The number of carbonyl (C=O) groups excluding carboxylic acids is 1. The molecule has 0 aliphatic carbocycles. The van der Waals surface area contributed by atoms with Gasteiger partial charge in [-0.1, -0.05) is 13.0 Å². The first kappa shape index (κ1) is 16.0. The summed E-state index contributed by atoms with van der Waals surface area (Å²) in [5.41, 5.74) is 0. The Morgan fingerprint density at radius 2 is 2.00 bits per heavy atom. The lowest BCUT2D eigenvalue weighted by Gasteiger charge is -2.23. The summed E-state index contributed by atoms with van der Waals surface area (Å²) in [6.07, 6.45) is 1.56. The third-order valence-electron chi connectivity index (χ3n) is 2.10. The van der Waals surface area contributed by atoms with Gasteiger partial charge >= 0.3 is 18.0 Å². The second-order valence-electron chi connectivity index (χ2n) is 3.67. The van der Waals surface area contributed by atoms with Crippen LogP contribution in [0, 0.1) is 0 Å². The molecule has 0 spiro atoms. The summed E-state index contributed by atoms with van der Waals surface area (Å²) in [5, 5.41) is 19.5. The Bertz CT molecular complexity index is 329. The van der Waals surface area contributed by atoms with Crippen LogP contribution in [0.25, 0.3) is 0 Å². The zero-order chi connectivity index (χ0) is 14.1. The average Bonchev–Trinajstić information content (AvgIpc) is 2.27. The second-order valence-corrected chi connectivity index (χ2v) is 3.67. The smallest absolute Gasteiger partial charge is 0.326 e. The first-order valence-electron chi connectivity index (χ1n) is 5.53. The van der Waals surface area contributed by atoms with Crippen LogP contribution in [0.5, 0.6) is 0 Å². The lowest BCUT2D eigenvalue weighted by Crippen LogP contribution is -2.49. The molecule has 1 unspecified atom stereocenters. The van der Waals surface area contributed by atoms with E-state index in [0.29, 0.717) is 13.0 Å². The Hall–Kier alpha value is -2.05. The molecule has 0 aromatic carbocycles. The van der Waals surface area contributed by atoms with E-state index in [1.165, 1.54) is 11.0 Å². The average molecular weight is 258 g/mol. The van der Waals surface area contributed by atoms with Crippen molar-refractivity contribution < 1.29 is 24.6 Å². The first-order valence-corrected chi connectivity index (χ1v) is 5.53. The molecule has 3 N–H and O–H groups in total. The summed E-state index contributed by atoms with van der Waals surface area (Å²) in [5.74, 6) is -2.66. The predicted molar refractivity (Wildman–Crippen MR) is 64.3 cm³/mol. The fourth-order valence-electron chi connectivity index (χ4n) is 1.32. The van der Waals surface area contributed by atoms with Crippen molar-refractivity contribution >= 4 is 18.0 Å². The van der Waals surface area contributed by atoms with Gasteiger partial charge in [0.05, 0.1) is 6.42 Å². The standard InChI is InChI=1S/C11H18N2O5/c1-3-5-13(6-4-2)11(18)12-8(10(16)17)7-9(14)15/h3,8H,1,4-7H2,2H3,(H,12,18)(H,14,15)(H,16,17). The molecule has 102 valence electrons. The van der Waals surface area contributed by atoms with Gasteiger partial charge in [0.15, 0.2) is 0 Å². The normalized spacial score (nSPS) is 11.4. The molecule has 0 radical (unpaired) electrons. The molecular formula is C11H18N2O5. The van der Waals surface area contributed by atoms with Crippen LogP contribution in [0.15, 0.2) is 12.7 Å². The molecule has 2 amide bonds. The molecule has 0 aliphatic rings. The molecule has 7 nitrogen and oxygen atoms in total. The number of rotatable bonds is 8. The van der Waals surface area contributed by atoms with E-state index in [9.17, 15) is 14.4 Å². The van der Waals surface area contributed by atoms with Crippen molar-refractivity contribution in [1.82, 2.24) is 10.2 Å². The highest BCUT2D eigenvalue weighted by Gasteiger charge is 2.24. The van der Waals surface area contributed by atoms with Crippen LogP contribution in [0.4, 0.5) is 4.79 Å². The highest BCUT2D eigenvalue weighted by molar-refractivity contribution is 5.86. The quantitative estimate of drug-likeness (QED) is 0.550. The number of hydrogen-bond donors (Lipinski definition) is 3. The van der Waals surface area contributed by atoms with Crippen LogP contribution in [0.2, 0.25) is 0 Å². The van der Waals surface area contributed by atoms with Gasteiger partial charge < -0.3 is 20.4 Å². The summed E-state index contributed by atoms with van der Waals surface area (Å²) in [6.45, 7) is 6.08. The van der Waals surface area contributed by atoms with E-state index in [1.807, 2.05) is 6.92 Å². The van der Waals surface area contributed by atoms with E-state index in [2.05, 4.69) is 11.9 Å². The second kappa shape index (κ2) is 8.10. The Morgan fingerprint density at radius 1 is 1.39 bits per heavy atom. The molecule has 0 saturated heterocycles. The van der Waals surface area contributed by atoms with Crippen molar-refractivity contribution in [2.45, 2.75) is 25.8 Å². The maximum absolute atomic E-state index is 11.7. The maximum Gasteiger partial charge on any atom is 0.326 e. The molecule has 0 aromatic heterocycles. The number of amides is 2. The molecule has 0 bridgehead atoms. The molecule has 0 aliphatic heterocycles. The van der Waals surface area contributed by atoms with Gasteiger partial charge in [-0.2, -0.15) is 0 Å². The van der Waals surface area contributed by atoms with Crippen molar-refractivity contribution in [2.24, 2.45) is 0 Å². The highest BCUT2D eigenvalue weighted by atomic mass is 16.4. The van der Waals surface area contributed by atoms with Crippen LogP contribution in [-0.2, 0) is 9.59 Å². The zero-order valence-corrected chi connectivity index (χ0v) is 10.3. The molecule has 0 rings (SSSR count). The van der Waals surface area contributed by atoms with Crippen LogP contribution >= 0.6 is 0 Å². The number of hydrogen-bond acceptors (Lipinski definition) is 3. The lowest BCUT2D eigenvalue weighted by molar-refractivity contribution is -0.145. The summed E-state index contributed by atoms with van der Waals surface area (Å²) in [4.78, 5) is 34.4. The number of aliphatic carboxylic acids is 2. The fourth-order valence-corrected chi connectivity index (χ4v) is 1.32. The van der Waals surface area contributed by atoms with Gasteiger partial charge in [0.25, 0.3) is 0 Å². The Labute approximate surface area is 105 Å². The van der Waals surface area contributed by atoms with Crippen molar-refractivity contribution in [1.29, 1.82) is 0 Å². The molecule has 0 fully saturated rings. The SMILES string of the molecule is C=CCN(CCC)C(=O)NC(CC(=O)O)C(=O)O. The van der Waals surface area contributed by atoms with E-state index >= 15 is 0 Å². The summed E-state index contributed by atoms with van der Waals surface area (Å²) in [7, 11) is 0. The van der Waals surface area contributed by atoms with Gasteiger partial charge in [0.1, 0.15) is 6.04 Å². The van der Waals surface area contributed by atoms with Gasteiger partial charge in [-0.05, 0) is 6.42 Å². The van der Waals surface area contributed by atoms with Crippen molar-refractivity contribution in [3.8, 4) is 0 Å². The third-order valence-corrected chi connectivity index (χ3v) is 2.10. The Balaban J connectivity index is 4.58. The van der Waals surface area contributed by atoms with Gasteiger partial charge in [-0.3, -0.25) is 4.79 Å².